The Hall–Kier alpha value is -4.24. The van der Waals surface area contributed by atoms with Crippen LogP contribution in [0.1, 0.15) is 36.6 Å². The third-order valence-corrected chi connectivity index (χ3v) is 7.91. The largest absolute Gasteiger partial charge is 0.483 e. The van der Waals surface area contributed by atoms with Gasteiger partial charge in [0.2, 0.25) is 5.75 Å². The number of nitro benzene ring substituents is 1. The third-order valence-electron chi connectivity index (χ3n) is 6.37. The first-order valence-electron chi connectivity index (χ1n) is 13.5. The van der Waals surface area contributed by atoms with Crippen LogP contribution in [-0.4, -0.2) is 41.3 Å². The lowest BCUT2D eigenvalue weighted by molar-refractivity contribution is -0.386. The lowest BCUT2D eigenvalue weighted by atomic mass is 9.95. The van der Waals surface area contributed by atoms with E-state index in [9.17, 15) is 19.7 Å². The number of carbonyl (C=O) groups excluding carboxylic acids is 2. The number of nitro groups is 1. The normalized spacial score (nSPS) is 14.4. The maximum atomic E-state index is 12.7. The predicted octanol–water partition coefficient (Wildman–Crippen LogP) is 6.13. The molecule has 1 aliphatic heterocycles. The number of allylic oxidation sites excluding steroid dienone is 1. The standard InChI is InChI=1S/C30H26BrCl2N5O7S/c1-3-43-29(40)26-16(2)35-30(46)36-27(26)19-6-4-5-7-24(19)44-15-25(39)37-34-13-18-10-20(31)28(23(12-18)38(41)42)45-14-17-8-9-21(32)22(33)11-17/h4-13,27H,3,14-15H2,1-2H3,(H,37,39)(H2,35,36,46)/t27-/m0/s1. The van der Waals surface area contributed by atoms with E-state index in [0.717, 1.165) is 0 Å². The van der Waals surface area contributed by atoms with Gasteiger partial charge in [-0.05, 0) is 71.8 Å². The van der Waals surface area contributed by atoms with E-state index in [1.165, 1.54) is 12.3 Å². The minimum absolute atomic E-state index is 0.00333. The second-order valence-corrected chi connectivity index (χ2v) is 11.6. The molecule has 0 fully saturated rings. The predicted molar refractivity (Wildman–Crippen MR) is 180 cm³/mol. The average Bonchev–Trinajstić information content (AvgIpc) is 3.00. The van der Waals surface area contributed by atoms with E-state index < -0.39 is 29.4 Å². The lowest BCUT2D eigenvalue weighted by Gasteiger charge is -2.30. The fraction of sp³-hybridized carbons (Fsp3) is 0.200. The Morgan fingerprint density at radius 2 is 1.91 bits per heavy atom. The number of hydrazone groups is 1. The number of rotatable bonds is 12. The Balaban J connectivity index is 1.42. The van der Waals surface area contributed by atoms with Gasteiger partial charge in [0.05, 0.1) is 43.9 Å². The number of nitrogens with one attached hydrogen (secondary N) is 3. The molecular formula is C30H26BrCl2N5O7S. The van der Waals surface area contributed by atoms with Crippen LogP contribution in [0.4, 0.5) is 5.69 Å². The number of amides is 1. The molecule has 16 heteroatoms. The highest BCUT2D eigenvalue weighted by Crippen LogP contribution is 2.37. The molecule has 3 aromatic rings. The molecule has 3 N–H and O–H groups in total. The van der Waals surface area contributed by atoms with Gasteiger partial charge < -0.3 is 24.8 Å². The minimum atomic E-state index is -0.685. The van der Waals surface area contributed by atoms with Crippen molar-refractivity contribution in [3.63, 3.8) is 0 Å². The highest BCUT2D eigenvalue weighted by Gasteiger charge is 2.32. The van der Waals surface area contributed by atoms with Crippen molar-refractivity contribution in [2.75, 3.05) is 13.2 Å². The molecule has 4 rings (SSSR count). The van der Waals surface area contributed by atoms with Crippen molar-refractivity contribution in [1.82, 2.24) is 16.1 Å². The zero-order valence-electron chi connectivity index (χ0n) is 24.3. The van der Waals surface area contributed by atoms with Crippen LogP contribution in [0.5, 0.6) is 11.5 Å². The number of hydrogen-bond acceptors (Lipinski definition) is 9. The van der Waals surface area contributed by atoms with E-state index in [2.05, 4.69) is 37.1 Å². The fourth-order valence-corrected chi connectivity index (χ4v) is 5.52. The smallest absolute Gasteiger partial charge is 0.338 e. The molecular weight excluding hydrogens is 725 g/mol. The summed E-state index contributed by atoms with van der Waals surface area (Å²) >= 11 is 20.6. The van der Waals surface area contributed by atoms with Crippen LogP contribution in [0.2, 0.25) is 10.0 Å². The minimum Gasteiger partial charge on any atom is -0.483 e. The monoisotopic (exact) mass is 749 g/mol. The SMILES string of the molecule is CCOC(=O)C1=C(C)NC(=S)N[C@H]1c1ccccc1OCC(=O)NN=Cc1cc(Br)c(OCc2ccc(Cl)c(Cl)c2)c([N+](=O)[O-])c1. The maximum Gasteiger partial charge on any atom is 0.338 e. The molecule has 0 aliphatic carbocycles. The van der Waals surface area contributed by atoms with Gasteiger partial charge in [-0.2, -0.15) is 5.10 Å². The van der Waals surface area contributed by atoms with Gasteiger partial charge in [-0.25, -0.2) is 10.2 Å². The second kappa shape index (κ2) is 15.9. The van der Waals surface area contributed by atoms with Gasteiger partial charge in [0.15, 0.2) is 11.7 Å². The van der Waals surface area contributed by atoms with Crippen LogP contribution < -0.4 is 25.5 Å². The molecule has 0 aromatic heterocycles. The van der Waals surface area contributed by atoms with Crippen LogP contribution >= 0.6 is 51.3 Å². The van der Waals surface area contributed by atoms with E-state index in [0.29, 0.717) is 53.3 Å². The molecule has 1 heterocycles. The zero-order valence-corrected chi connectivity index (χ0v) is 28.2. The van der Waals surface area contributed by atoms with E-state index >= 15 is 0 Å². The van der Waals surface area contributed by atoms with E-state index in [-0.39, 0.29) is 24.7 Å². The Morgan fingerprint density at radius 1 is 1.15 bits per heavy atom. The summed E-state index contributed by atoms with van der Waals surface area (Å²) in [5, 5.41) is 22.7. The van der Waals surface area contributed by atoms with E-state index in [4.69, 9.17) is 49.6 Å². The molecule has 1 atom stereocenters. The number of thiocarbonyl (C=S) groups is 1. The molecule has 3 aromatic carbocycles. The summed E-state index contributed by atoms with van der Waals surface area (Å²) in [6, 6.07) is 13.9. The van der Waals surface area contributed by atoms with Crippen LogP contribution in [0.3, 0.4) is 0 Å². The molecule has 12 nitrogen and oxygen atoms in total. The third kappa shape index (κ3) is 8.72. The summed E-state index contributed by atoms with van der Waals surface area (Å²) in [5.74, 6) is -0.793. The fourth-order valence-electron chi connectivity index (χ4n) is 4.35. The molecule has 46 heavy (non-hydrogen) atoms. The Bertz CT molecular complexity index is 1750. The van der Waals surface area contributed by atoms with Gasteiger partial charge in [0.1, 0.15) is 12.4 Å². The van der Waals surface area contributed by atoms with E-state index in [1.807, 2.05) is 0 Å². The molecule has 1 aliphatic rings. The van der Waals surface area contributed by atoms with Crippen molar-refractivity contribution < 1.29 is 28.7 Å². The number of halogens is 3. The van der Waals surface area contributed by atoms with Crippen LogP contribution in [0.25, 0.3) is 0 Å². The van der Waals surface area contributed by atoms with Gasteiger partial charge in [-0.1, -0.05) is 47.5 Å². The number of carbonyl (C=O) groups is 2. The molecule has 1 amide bonds. The summed E-state index contributed by atoms with van der Waals surface area (Å²) in [5.41, 5.74) is 4.41. The first kappa shape index (κ1) is 34.6. The average molecular weight is 751 g/mol. The molecule has 0 radical (unpaired) electrons. The maximum absolute atomic E-state index is 12.7. The molecule has 0 saturated carbocycles. The quantitative estimate of drug-likeness (QED) is 0.0648. The first-order valence-corrected chi connectivity index (χ1v) is 15.5. The lowest BCUT2D eigenvalue weighted by Crippen LogP contribution is -2.45. The summed E-state index contributed by atoms with van der Waals surface area (Å²) < 4.78 is 17.0. The molecule has 240 valence electrons. The van der Waals surface area contributed by atoms with Crippen molar-refractivity contribution in [1.29, 1.82) is 0 Å². The van der Waals surface area contributed by atoms with Crippen molar-refractivity contribution in [2.45, 2.75) is 26.5 Å². The number of benzene rings is 3. The number of para-hydroxylation sites is 1. The van der Waals surface area contributed by atoms with Crippen molar-refractivity contribution in [2.24, 2.45) is 5.10 Å². The summed E-state index contributed by atoms with van der Waals surface area (Å²) in [6.07, 6.45) is 1.24. The zero-order chi connectivity index (χ0) is 33.4. The number of ether oxygens (including phenoxy) is 3. The highest BCUT2D eigenvalue weighted by atomic mass is 79.9. The van der Waals surface area contributed by atoms with Crippen molar-refractivity contribution >= 4 is 80.2 Å². The first-order chi connectivity index (χ1) is 22.0. The van der Waals surface area contributed by atoms with Crippen molar-refractivity contribution in [3.8, 4) is 11.5 Å². The van der Waals surface area contributed by atoms with Gasteiger partial charge >= 0.3 is 11.7 Å². The van der Waals surface area contributed by atoms with Crippen LogP contribution in [0.15, 0.2) is 75.4 Å². The van der Waals surface area contributed by atoms with Gasteiger partial charge in [-0.3, -0.25) is 14.9 Å². The number of hydrogen-bond donors (Lipinski definition) is 3. The van der Waals surface area contributed by atoms with Gasteiger partial charge in [0, 0.05) is 22.9 Å². The Morgan fingerprint density at radius 3 is 2.63 bits per heavy atom. The topological polar surface area (TPSA) is 153 Å². The Labute approximate surface area is 287 Å². The van der Waals surface area contributed by atoms with E-state index in [1.54, 1.807) is 62.4 Å². The number of nitrogens with zero attached hydrogens (tertiary/aromatic N) is 2. The molecule has 0 bridgehead atoms. The summed E-state index contributed by atoms with van der Waals surface area (Å²) in [7, 11) is 0. The summed E-state index contributed by atoms with van der Waals surface area (Å²) in [4.78, 5) is 36.5. The summed E-state index contributed by atoms with van der Waals surface area (Å²) in [6.45, 7) is 3.19. The number of esters is 1. The molecule has 0 saturated heterocycles. The van der Waals surface area contributed by atoms with Gasteiger partial charge in [0.25, 0.3) is 5.91 Å². The molecule has 0 spiro atoms. The molecule has 0 unspecified atom stereocenters. The van der Waals surface area contributed by atoms with Crippen molar-refractivity contribution in [3.05, 3.63) is 107 Å². The highest BCUT2D eigenvalue weighted by molar-refractivity contribution is 9.10. The second-order valence-electron chi connectivity index (χ2n) is 9.56. The van der Waals surface area contributed by atoms with Crippen LogP contribution in [0, 0.1) is 10.1 Å². The van der Waals surface area contributed by atoms with Gasteiger partial charge in [-0.15, -0.1) is 0 Å². The van der Waals surface area contributed by atoms with Crippen LogP contribution in [-0.2, 0) is 20.9 Å². The Kier molecular flexibility index (Phi) is 11.9.